The van der Waals surface area contributed by atoms with E-state index in [1.54, 1.807) is 24.4 Å². The van der Waals surface area contributed by atoms with Crippen molar-refractivity contribution in [1.82, 2.24) is 29.5 Å². The third kappa shape index (κ3) is 2.99. The summed E-state index contributed by atoms with van der Waals surface area (Å²) in [7, 11) is 1.98. The molecule has 0 N–H and O–H groups in total. The number of piperazine rings is 1. The molecule has 9 heteroatoms. The summed E-state index contributed by atoms with van der Waals surface area (Å²) >= 11 is 1.58. The summed E-state index contributed by atoms with van der Waals surface area (Å²) in [5.41, 5.74) is 2.73. The zero-order valence-electron chi connectivity index (χ0n) is 14.5. The van der Waals surface area contributed by atoms with Crippen LogP contribution in [0.1, 0.15) is 5.69 Å². The molecule has 0 aliphatic carbocycles. The van der Waals surface area contributed by atoms with Crippen LogP contribution in [-0.2, 0) is 7.05 Å². The van der Waals surface area contributed by atoms with Crippen LogP contribution in [0, 0.1) is 6.92 Å². The fraction of sp³-hybridized carbons (Fsp3) is 0.438. The monoisotopic (exact) mass is 356 g/mol. The van der Waals surface area contributed by atoms with Gasteiger partial charge < -0.3 is 14.4 Å². The molecule has 0 saturated carbocycles. The van der Waals surface area contributed by atoms with Crippen LogP contribution in [0.2, 0.25) is 0 Å². The second kappa shape index (κ2) is 6.47. The van der Waals surface area contributed by atoms with Crippen LogP contribution in [0.25, 0.3) is 11.2 Å². The Kier molecular flexibility index (Phi) is 4.16. The lowest BCUT2D eigenvalue weighted by molar-refractivity contribution is 0.637. The van der Waals surface area contributed by atoms with Crippen LogP contribution in [0.5, 0.6) is 0 Å². The van der Waals surface area contributed by atoms with Gasteiger partial charge >= 0.3 is 0 Å². The average Bonchev–Trinajstić information content (AvgIpc) is 3.03. The molecule has 8 nitrogen and oxygen atoms in total. The molecule has 0 radical (unpaired) electrons. The Labute approximate surface area is 150 Å². The molecule has 1 aliphatic rings. The van der Waals surface area contributed by atoms with Gasteiger partial charge in [-0.1, -0.05) is 11.8 Å². The average molecular weight is 356 g/mol. The normalized spacial score (nSPS) is 15.2. The number of hydrogen-bond donors (Lipinski definition) is 0. The number of imidazole rings is 1. The summed E-state index contributed by atoms with van der Waals surface area (Å²) < 4.78 is 1.98. The Morgan fingerprint density at radius 1 is 1.00 bits per heavy atom. The van der Waals surface area contributed by atoms with Crippen LogP contribution < -0.4 is 9.80 Å². The highest BCUT2D eigenvalue weighted by atomic mass is 32.2. The van der Waals surface area contributed by atoms with E-state index in [0.29, 0.717) is 0 Å². The minimum absolute atomic E-state index is 0.742. The first kappa shape index (κ1) is 16.1. The summed E-state index contributed by atoms with van der Waals surface area (Å²) in [4.78, 5) is 26.8. The summed E-state index contributed by atoms with van der Waals surface area (Å²) in [5, 5.41) is 0.824. The van der Waals surface area contributed by atoms with Gasteiger partial charge in [0.15, 0.2) is 16.6 Å². The standard InChI is InChI=1S/C16H20N8S/c1-11-8-12(21-16(20-11)25-3)23-4-6-24(7-5-23)15-13-14(17-9-18-15)19-10-22(13)2/h8-10H,4-7H2,1-3H3. The first-order valence-corrected chi connectivity index (χ1v) is 9.40. The van der Waals surface area contributed by atoms with Crippen molar-refractivity contribution in [3.63, 3.8) is 0 Å². The first-order valence-electron chi connectivity index (χ1n) is 8.17. The molecule has 25 heavy (non-hydrogen) atoms. The van der Waals surface area contributed by atoms with Crippen molar-refractivity contribution in [3.8, 4) is 0 Å². The molecule has 1 saturated heterocycles. The number of rotatable bonds is 3. The lowest BCUT2D eigenvalue weighted by Gasteiger charge is -2.36. The number of nitrogens with zero attached hydrogens (tertiary/aromatic N) is 8. The van der Waals surface area contributed by atoms with E-state index < -0.39 is 0 Å². The molecule has 3 aromatic rings. The van der Waals surface area contributed by atoms with Crippen LogP contribution in [0.4, 0.5) is 11.6 Å². The van der Waals surface area contributed by atoms with Gasteiger partial charge in [0.25, 0.3) is 0 Å². The second-order valence-electron chi connectivity index (χ2n) is 6.05. The maximum Gasteiger partial charge on any atom is 0.189 e. The molecule has 0 amide bonds. The lowest BCUT2D eigenvalue weighted by Crippen LogP contribution is -2.47. The quantitative estimate of drug-likeness (QED) is 0.516. The van der Waals surface area contributed by atoms with Gasteiger partial charge in [0.1, 0.15) is 17.7 Å². The van der Waals surface area contributed by atoms with Crippen molar-refractivity contribution in [2.24, 2.45) is 7.05 Å². The molecular weight excluding hydrogens is 336 g/mol. The van der Waals surface area contributed by atoms with Crippen molar-refractivity contribution in [1.29, 1.82) is 0 Å². The Bertz CT molecular complexity index is 900. The minimum Gasteiger partial charge on any atom is -0.353 e. The van der Waals surface area contributed by atoms with Crippen molar-refractivity contribution in [2.45, 2.75) is 12.1 Å². The highest BCUT2D eigenvalue weighted by Gasteiger charge is 2.22. The van der Waals surface area contributed by atoms with Gasteiger partial charge in [-0.25, -0.2) is 24.9 Å². The van der Waals surface area contributed by atoms with Gasteiger partial charge in [-0.05, 0) is 13.2 Å². The molecule has 4 rings (SSSR count). The molecule has 130 valence electrons. The molecule has 3 aromatic heterocycles. The predicted molar refractivity (Wildman–Crippen MR) is 99.3 cm³/mol. The molecule has 0 aromatic carbocycles. The number of aryl methyl sites for hydroxylation is 2. The summed E-state index contributed by atoms with van der Waals surface area (Å²) in [6, 6.07) is 2.05. The van der Waals surface area contributed by atoms with Crippen LogP contribution in [-0.4, -0.2) is 61.9 Å². The van der Waals surface area contributed by atoms with Gasteiger partial charge in [-0.15, -0.1) is 0 Å². The van der Waals surface area contributed by atoms with Crippen LogP contribution in [0.3, 0.4) is 0 Å². The van der Waals surface area contributed by atoms with E-state index in [2.05, 4.69) is 40.8 Å². The van der Waals surface area contributed by atoms with Crippen LogP contribution >= 0.6 is 11.8 Å². The third-order valence-corrected chi connectivity index (χ3v) is 4.94. The van der Waals surface area contributed by atoms with Gasteiger partial charge in [0.2, 0.25) is 0 Å². The SMILES string of the molecule is CSc1nc(C)cc(N2CCN(c3ncnc4ncn(C)c34)CC2)n1. The largest absolute Gasteiger partial charge is 0.353 e. The highest BCUT2D eigenvalue weighted by molar-refractivity contribution is 7.98. The summed E-state index contributed by atoms with van der Waals surface area (Å²) in [6.45, 7) is 5.58. The molecule has 4 heterocycles. The maximum atomic E-state index is 4.65. The topological polar surface area (TPSA) is 75.9 Å². The van der Waals surface area contributed by atoms with E-state index in [-0.39, 0.29) is 0 Å². The Morgan fingerprint density at radius 2 is 1.76 bits per heavy atom. The van der Waals surface area contributed by atoms with Gasteiger partial charge in [0, 0.05) is 45.0 Å². The van der Waals surface area contributed by atoms with E-state index in [1.807, 2.05) is 24.8 Å². The Morgan fingerprint density at radius 3 is 2.52 bits per heavy atom. The zero-order chi connectivity index (χ0) is 17.4. The van der Waals surface area contributed by atoms with Gasteiger partial charge in [0.05, 0.1) is 6.33 Å². The highest BCUT2D eigenvalue weighted by Crippen LogP contribution is 2.24. The Hall–Kier alpha value is -2.42. The second-order valence-corrected chi connectivity index (χ2v) is 6.83. The summed E-state index contributed by atoms with van der Waals surface area (Å²) in [6.07, 6.45) is 5.38. The molecule has 0 bridgehead atoms. The fourth-order valence-corrected chi connectivity index (χ4v) is 3.55. The third-order valence-electron chi connectivity index (χ3n) is 4.40. The van der Waals surface area contributed by atoms with E-state index in [1.165, 1.54) is 0 Å². The van der Waals surface area contributed by atoms with Crippen LogP contribution in [0.15, 0.2) is 23.9 Å². The predicted octanol–water partition coefficient (Wildman–Crippen LogP) is 1.51. The smallest absolute Gasteiger partial charge is 0.189 e. The van der Waals surface area contributed by atoms with E-state index in [0.717, 1.165) is 59.8 Å². The number of aromatic nitrogens is 6. The van der Waals surface area contributed by atoms with Crippen molar-refractivity contribution in [3.05, 3.63) is 24.4 Å². The van der Waals surface area contributed by atoms with E-state index >= 15 is 0 Å². The molecule has 0 unspecified atom stereocenters. The molecule has 0 spiro atoms. The van der Waals surface area contributed by atoms with E-state index in [4.69, 9.17) is 0 Å². The zero-order valence-corrected chi connectivity index (χ0v) is 15.4. The van der Waals surface area contributed by atoms with Crippen molar-refractivity contribution < 1.29 is 0 Å². The maximum absolute atomic E-state index is 4.65. The minimum atomic E-state index is 0.742. The first-order chi connectivity index (χ1) is 12.2. The van der Waals surface area contributed by atoms with Crippen molar-refractivity contribution in [2.75, 3.05) is 42.2 Å². The van der Waals surface area contributed by atoms with Crippen molar-refractivity contribution >= 4 is 34.6 Å². The lowest BCUT2D eigenvalue weighted by atomic mass is 10.3. The Balaban J connectivity index is 1.55. The molecule has 0 atom stereocenters. The number of fused-ring (bicyclic) bond motifs is 1. The summed E-state index contributed by atoms with van der Waals surface area (Å²) in [5.74, 6) is 1.96. The van der Waals surface area contributed by atoms with Gasteiger partial charge in [-0.2, -0.15) is 0 Å². The molecule has 1 aliphatic heterocycles. The number of hydrogen-bond acceptors (Lipinski definition) is 8. The number of thioether (sulfide) groups is 1. The molecular formula is C16H20N8S. The fourth-order valence-electron chi connectivity index (χ4n) is 3.13. The van der Waals surface area contributed by atoms with E-state index in [9.17, 15) is 0 Å². The number of anilines is 2. The molecule has 1 fully saturated rings. The van der Waals surface area contributed by atoms with Gasteiger partial charge in [-0.3, -0.25) is 0 Å².